The van der Waals surface area contributed by atoms with Crippen LogP contribution in [-0.2, 0) is 16.0 Å². The first-order valence-corrected chi connectivity index (χ1v) is 6.75. The van der Waals surface area contributed by atoms with E-state index in [1.54, 1.807) is 45.9 Å². The van der Waals surface area contributed by atoms with Crippen molar-refractivity contribution in [3.63, 3.8) is 0 Å². The number of amides is 1. The van der Waals surface area contributed by atoms with E-state index < -0.39 is 24.4 Å². The highest BCUT2D eigenvalue weighted by molar-refractivity contribution is 6.60. The molecule has 0 aliphatic carbocycles. The number of hydrogen-bond donors (Lipinski definition) is 3. The lowest BCUT2D eigenvalue weighted by molar-refractivity contribution is -0.0983. The van der Waals surface area contributed by atoms with Crippen molar-refractivity contribution in [1.29, 1.82) is 0 Å². The Bertz CT molecular complexity index is 553. The van der Waals surface area contributed by atoms with Crippen LogP contribution < -0.4 is 10.8 Å². The number of carbonyl (C=O) groups is 1. The van der Waals surface area contributed by atoms with Gasteiger partial charge in [-0.25, -0.2) is 4.79 Å². The van der Waals surface area contributed by atoms with E-state index in [1.165, 1.54) is 0 Å². The highest BCUT2D eigenvalue weighted by Crippen LogP contribution is 2.26. The maximum absolute atomic E-state index is 11.2. The fourth-order valence-corrected chi connectivity index (χ4v) is 1.88. The van der Waals surface area contributed by atoms with E-state index in [0.29, 0.717) is 16.7 Å². The summed E-state index contributed by atoms with van der Waals surface area (Å²) in [4.78, 5) is 11.2. The van der Waals surface area contributed by atoms with E-state index >= 15 is 0 Å². The SMILES string of the molecule is CC(C)(O)C(C)(C)OB(O)c1cccc2c1COC(=O)N2. The molecule has 114 valence electrons. The molecule has 0 saturated carbocycles. The van der Waals surface area contributed by atoms with Crippen LogP contribution in [0.5, 0.6) is 0 Å². The summed E-state index contributed by atoms with van der Waals surface area (Å²) in [5, 5.41) is 23.0. The Hall–Kier alpha value is -1.57. The number of cyclic esters (lactones) is 1. The molecule has 0 saturated heterocycles. The summed E-state index contributed by atoms with van der Waals surface area (Å²) in [5.41, 5.74) is -0.338. The van der Waals surface area contributed by atoms with Crippen molar-refractivity contribution in [2.24, 2.45) is 0 Å². The molecule has 0 radical (unpaired) electrons. The summed E-state index contributed by atoms with van der Waals surface area (Å²) in [6.07, 6.45) is -0.521. The van der Waals surface area contributed by atoms with Crippen LogP contribution in [0.15, 0.2) is 18.2 Å². The maximum Gasteiger partial charge on any atom is 0.492 e. The third-order valence-electron chi connectivity index (χ3n) is 3.94. The molecule has 2 rings (SSSR count). The van der Waals surface area contributed by atoms with Gasteiger partial charge in [0, 0.05) is 5.56 Å². The Labute approximate surface area is 124 Å². The Morgan fingerprint density at radius 2 is 2.00 bits per heavy atom. The van der Waals surface area contributed by atoms with Gasteiger partial charge in [0.2, 0.25) is 0 Å². The zero-order valence-corrected chi connectivity index (χ0v) is 12.6. The van der Waals surface area contributed by atoms with Gasteiger partial charge in [-0.3, -0.25) is 5.32 Å². The van der Waals surface area contributed by atoms with Crippen LogP contribution in [0.1, 0.15) is 33.3 Å². The summed E-state index contributed by atoms with van der Waals surface area (Å²) >= 11 is 0. The van der Waals surface area contributed by atoms with Crippen LogP contribution in [-0.4, -0.2) is 34.5 Å². The monoisotopic (exact) mass is 293 g/mol. The van der Waals surface area contributed by atoms with Gasteiger partial charge < -0.3 is 19.5 Å². The van der Waals surface area contributed by atoms with Gasteiger partial charge in [-0.1, -0.05) is 12.1 Å². The van der Waals surface area contributed by atoms with Crippen LogP contribution in [0.3, 0.4) is 0 Å². The number of fused-ring (bicyclic) bond motifs is 1. The zero-order valence-electron chi connectivity index (χ0n) is 12.6. The van der Waals surface area contributed by atoms with Crippen LogP contribution >= 0.6 is 0 Å². The smallest absolute Gasteiger partial charge is 0.444 e. The number of hydrogen-bond acceptors (Lipinski definition) is 5. The van der Waals surface area contributed by atoms with E-state index in [4.69, 9.17) is 9.39 Å². The summed E-state index contributed by atoms with van der Waals surface area (Å²) in [6.45, 7) is 6.70. The number of carbonyl (C=O) groups excluding carboxylic acids is 1. The second-order valence-electron chi connectivity index (χ2n) is 6.11. The summed E-state index contributed by atoms with van der Waals surface area (Å²) in [7, 11) is -1.24. The first-order chi connectivity index (χ1) is 9.62. The topological polar surface area (TPSA) is 88.0 Å². The van der Waals surface area contributed by atoms with E-state index in [9.17, 15) is 14.9 Å². The quantitative estimate of drug-likeness (QED) is 0.721. The van der Waals surface area contributed by atoms with Gasteiger partial charge in [0.05, 0.1) is 16.9 Å². The summed E-state index contributed by atoms with van der Waals surface area (Å²) in [6, 6.07) is 5.14. The van der Waals surface area contributed by atoms with Crippen LogP contribution in [0, 0.1) is 0 Å². The number of rotatable bonds is 4. The van der Waals surface area contributed by atoms with E-state index in [2.05, 4.69) is 5.32 Å². The predicted octanol–water partition coefficient (Wildman–Crippen LogP) is 1.00. The molecule has 1 heterocycles. The molecule has 0 spiro atoms. The molecule has 1 aromatic rings. The second-order valence-corrected chi connectivity index (χ2v) is 6.11. The van der Waals surface area contributed by atoms with Crippen LogP contribution in [0.25, 0.3) is 0 Å². The average molecular weight is 293 g/mol. The van der Waals surface area contributed by atoms with Crippen LogP contribution in [0.2, 0.25) is 0 Å². The summed E-state index contributed by atoms with van der Waals surface area (Å²) in [5.74, 6) is 0. The highest BCUT2D eigenvalue weighted by atomic mass is 16.6. The minimum Gasteiger partial charge on any atom is -0.444 e. The van der Waals surface area contributed by atoms with Gasteiger partial charge in [0.1, 0.15) is 6.61 Å². The standard InChI is InChI=1S/C14H20BNO5/c1-13(2,18)14(3,4)21-15(19)10-6-5-7-11-9(10)8-20-12(17)16-11/h5-7,18-19H,8H2,1-4H3,(H,16,17). The Morgan fingerprint density at radius 3 is 2.62 bits per heavy atom. The minimum absolute atomic E-state index is 0.0701. The molecule has 7 heteroatoms. The third-order valence-corrected chi connectivity index (χ3v) is 3.94. The molecule has 21 heavy (non-hydrogen) atoms. The third kappa shape index (κ3) is 3.20. The molecule has 0 unspecified atom stereocenters. The number of benzene rings is 1. The molecule has 1 aromatic carbocycles. The zero-order chi connectivity index (χ0) is 15.8. The minimum atomic E-state index is -1.24. The number of nitrogens with one attached hydrogen (secondary N) is 1. The molecule has 1 amide bonds. The number of ether oxygens (including phenoxy) is 1. The van der Waals surface area contributed by atoms with Gasteiger partial charge in [-0.15, -0.1) is 0 Å². The lowest BCUT2D eigenvalue weighted by atomic mass is 9.73. The molecule has 0 bridgehead atoms. The van der Waals surface area contributed by atoms with E-state index in [1.807, 2.05) is 0 Å². The van der Waals surface area contributed by atoms with Gasteiger partial charge in [0.15, 0.2) is 0 Å². The number of aliphatic hydroxyl groups is 1. The molecule has 0 fully saturated rings. The first kappa shape index (κ1) is 15.8. The molecular weight excluding hydrogens is 273 g/mol. The number of anilines is 1. The lowest BCUT2D eigenvalue weighted by Gasteiger charge is -2.38. The molecule has 6 nitrogen and oxygen atoms in total. The van der Waals surface area contributed by atoms with Crippen LogP contribution in [0.4, 0.5) is 10.5 Å². The lowest BCUT2D eigenvalue weighted by Crippen LogP contribution is -2.53. The molecule has 1 aliphatic rings. The van der Waals surface area contributed by atoms with Gasteiger partial charge in [-0.2, -0.15) is 0 Å². The first-order valence-electron chi connectivity index (χ1n) is 6.75. The molecular formula is C14H20BNO5. The van der Waals surface area contributed by atoms with Crippen molar-refractivity contribution in [3.05, 3.63) is 23.8 Å². The molecule has 0 atom stereocenters. The Kier molecular flexibility index (Phi) is 4.01. The predicted molar refractivity (Wildman–Crippen MR) is 79.3 cm³/mol. The molecule has 0 aromatic heterocycles. The average Bonchev–Trinajstić information content (AvgIpc) is 2.35. The van der Waals surface area contributed by atoms with E-state index in [0.717, 1.165) is 0 Å². The van der Waals surface area contributed by atoms with Crippen molar-refractivity contribution in [1.82, 2.24) is 0 Å². The van der Waals surface area contributed by atoms with Crippen molar-refractivity contribution in [2.75, 3.05) is 5.32 Å². The maximum atomic E-state index is 11.2. The van der Waals surface area contributed by atoms with Gasteiger partial charge in [0.25, 0.3) is 0 Å². The summed E-state index contributed by atoms with van der Waals surface area (Å²) < 4.78 is 10.5. The normalized spacial score (nSPS) is 15.0. The Balaban J connectivity index is 2.27. The van der Waals surface area contributed by atoms with Crippen molar-refractivity contribution in [3.8, 4) is 0 Å². The van der Waals surface area contributed by atoms with Crippen molar-refractivity contribution in [2.45, 2.75) is 45.5 Å². The fraction of sp³-hybridized carbons (Fsp3) is 0.500. The second kappa shape index (κ2) is 5.33. The van der Waals surface area contributed by atoms with Crippen molar-refractivity contribution >= 4 is 24.4 Å². The molecule has 1 aliphatic heterocycles. The van der Waals surface area contributed by atoms with Crippen molar-refractivity contribution < 1.29 is 24.3 Å². The van der Waals surface area contributed by atoms with Gasteiger partial charge in [-0.05, 0) is 39.2 Å². The Morgan fingerprint density at radius 1 is 1.33 bits per heavy atom. The fourth-order valence-electron chi connectivity index (χ4n) is 1.88. The highest BCUT2D eigenvalue weighted by Gasteiger charge is 2.40. The largest absolute Gasteiger partial charge is 0.492 e. The molecule has 3 N–H and O–H groups in total. The van der Waals surface area contributed by atoms with E-state index in [-0.39, 0.29) is 6.61 Å². The van der Waals surface area contributed by atoms with Gasteiger partial charge >= 0.3 is 13.2 Å².